The maximum Gasteiger partial charge on any atom is 0.416 e. The molecule has 1 aromatic carbocycles. The third kappa shape index (κ3) is 4.24. The van der Waals surface area contributed by atoms with E-state index in [9.17, 15) is 18.0 Å². The molecule has 1 aromatic rings. The lowest BCUT2D eigenvalue weighted by Crippen LogP contribution is -2.26. The van der Waals surface area contributed by atoms with Crippen molar-refractivity contribution in [1.82, 2.24) is 5.32 Å². The van der Waals surface area contributed by atoms with E-state index in [2.05, 4.69) is 10.1 Å². The van der Waals surface area contributed by atoms with Crippen molar-refractivity contribution in [2.75, 3.05) is 13.7 Å². The molecule has 0 heterocycles. The number of hydrogen-bond donors (Lipinski definition) is 1. The summed E-state index contributed by atoms with van der Waals surface area (Å²) in [5, 5.41) is 2.88. The number of hydrogen-bond acceptors (Lipinski definition) is 3. The molecule has 0 fully saturated rings. The summed E-state index contributed by atoms with van der Waals surface area (Å²) in [6.07, 6.45) is -4.59. The molecule has 106 valence electrons. The minimum absolute atomic E-state index is 0.0576. The molecule has 0 aliphatic carbocycles. The Bertz CT molecular complexity index is 432. The van der Waals surface area contributed by atoms with Gasteiger partial charge in [0, 0.05) is 6.04 Å². The Morgan fingerprint density at radius 3 is 2.53 bits per heavy atom. The van der Waals surface area contributed by atoms with E-state index in [0.717, 1.165) is 6.07 Å². The highest BCUT2D eigenvalue weighted by Gasteiger charge is 2.35. The number of ether oxygens (including phenoxy) is 1. The Morgan fingerprint density at radius 2 is 2.00 bits per heavy atom. The smallest absolute Gasteiger partial charge is 0.416 e. The summed E-state index contributed by atoms with van der Waals surface area (Å²) in [5.41, 5.74) is -0.674. The van der Waals surface area contributed by atoms with Crippen molar-refractivity contribution in [3.63, 3.8) is 0 Å². The molecule has 0 radical (unpaired) electrons. The molecule has 1 unspecified atom stereocenters. The van der Waals surface area contributed by atoms with Gasteiger partial charge in [-0.25, -0.2) is 0 Å². The fourth-order valence-corrected chi connectivity index (χ4v) is 1.85. The molecule has 1 rings (SSSR count). The van der Waals surface area contributed by atoms with Crippen LogP contribution in [0.4, 0.5) is 13.2 Å². The summed E-state index contributed by atoms with van der Waals surface area (Å²) in [6.45, 7) is 2.22. The van der Waals surface area contributed by atoms with Crippen LogP contribution in [-0.4, -0.2) is 19.6 Å². The second kappa shape index (κ2) is 6.56. The molecule has 0 spiro atoms. The lowest BCUT2D eigenvalue weighted by Gasteiger charge is -2.21. The van der Waals surface area contributed by atoms with Crippen molar-refractivity contribution in [3.05, 3.63) is 35.4 Å². The molecular weight excluding hydrogens is 259 g/mol. The van der Waals surface area contributed by atoms with Gasteiger partial charge in [-0.1, -0.05) is 25.1 Å². The highest BCUT2D eigenvalue weighted by atomic mass is 19.4. The highest BCUT2D eigenvalue weighted by Crippen LogP contribution is 2.35. The normalized spacial score (nSPS) is 13.1. The first-order valence-electron chi connectivity index (χ1n) is 5.86. The quantitative estimate of drug-likeness (QED) is 0.840. The second-order valence-corrected chi connectivity index (χ2v) is 3.98. The van der Waals surface area contributed by atoms with Crippen LogP contribution in [0.15, 0.2) is 24.3 Å². The van der Waals surface area contributed by atoms with Crippen LogP contribution in [0.1, 0.15) is 30.5 Å². The van der Waals surface area contributed by atoms with E-state index in [4.69, 9.17) is 0 Å². The average Bonchev–Trinajstić information content (AvgIpc) is 2.37. The number of esters is 1. The van der Waals surface area contributed by atoms with Crippen LogP contribution in [0, 0.1) is 0 Å². The van der Waals surface area contributed by atoms with Crippen LogP contribution in [-0.2, 0) is 15.7 Å². The van der Waals surface area contributed by atoms with Gasteiger partial charge in [0.15, 0.2) is 0 Å². The SMILES string of the molecule is CCNC(CC(=O)OC)c1ccccc1C(F)(F)F. The Hall–Kier alpha value is -1.56. The number of halogens is 3. The molecule has 1 N–H and O–H groups in total. The van der Waals surface area contributed by atoms with Crippen LogP contribution in [0.25, 0.3) is 0 Å². The predicted molar refractivity (Wildman–Crippen MR) is 64.5 cm³/mol. The summed E-state index contributed by atoms with van der Waals surface area (Å²) in [5.74, 6) is -0.553. The first-order chi connectivity index (χ1) is 8.90. The summed E-state index contributed by atoms with van der Waals surface area (Å²) in [6, 6.07) is 4.52. The van der Waals surface area contributed by atoms with Gasteiger partial charge < -0.3 is 10.1 Å². The molecule has 0 saturated carbocycles. The Balaban J connectivity index is 3.12. The van der Waals surface area contributed by atoms with E-state index >= 15 is 0 Å². The van der Waals surface area contributed by atoms with Crippen molar-refractivity contribution in [2.24, 2.45) is 0 Å². The maximum absolute atomic E-state index is 12.9. The fourth-order valence-electron chi connectivity index (χ4n) is 1.85. The number of carbonyl (C=O) groups excluding carboxylic acids is 1. The van der Waals surface area contributed by atoms with Crippen molar-refractivity contribution in [1.29, 1.82) is 0 Å². The first kappa shape index (κ1) is 15.5. The van der Waals surface area contributed by atoms with E-state index in [1.165, 1.54) is 25.3 Å². The van der Waals surface area contributed by atoms with Crippen LogP contribution < -0.4 is 5.32 Å². The van der Waals surface area contributed by atoms with Crippen molar-refractivity contribution in [3.8, 4) is 0 Å². The third-order valence-electron chi connectivity index (χ3n) is 2.69. The van der Waals surface area contributed by atoms with Gasteiger partial charge in [-0.3, -0.25) is 4.79 Å². The van der Waals surface area contributed by atoms with E-state index in [0.29, 0.717) is 6.54 Å². The Kier molecular flexibility index (Phi) is 5.35. The summed E-state index contributed by atoms with van der Waals surface area (Å²) in [4.78, 5) is 11.3. The van der Waals surface area contributed by atoms with Crippen LogP contribution in [0.3, 0.4) is 0 Å². The minimum Gasteiger partial charge on any atom is -0.469 e. The predicted octanol–water partition coefficient (Wildman–Crippen LogP) is 2.92. The number of alkyl halides is 3. The molecule has 0 amide bonds. The van der Waals surface area contributed by atoms with Gasteiger partial charge in [0.2, 0.25) is 0 Å². The summed E-state index contributed by atoms with van der Waals surface area (Å²) >= 11 is 0. The molecule has 0 aromatic heterocycles. The molecule has 19 heavy (non-hydrogen) atoms. The Labute approximate surface area is 109 Å². The lowest BCUT2D eigenvalue weighted by atomic mass is 9.97. The van der Waals surface area contributed by atoms with E-state index < -0.39 is 23.8 Å². The fraction of sp³-hybridized carbons (Fsp3) is 0.462. The number of rotatable bonds is 5. The van der Waals surface area contributed by atoms with Gasteiger partial charge in [-0.05, 0) is 18.2 Å². The third-order valence-corrected chi connectivity index (χ3v) is 2.69. The van der Waals surface area contributed by atoms with E-state index in [1.807, 2.05) is 0 Å². The van der Waals surface area contributed by atoms with Gasteiger partial charge in [0.25, 0.3) is 0 Å². The highest BCUT2D eigenvalue weighted by molar-refractivity contribution is 5.70. The second-order valence-electron chi connectivity index (χ2n) is 3.98. The topological polar surface area (TPSA) is 38.3 Å². The van der Waals surface area contributed by atoms with Crippen LogP contribution in [0.2, 0.25) is 0 Å². The standard InChI is InChI=1S/C13H16F3NO2/c1-3-17-11(8-12(18)19-2)9-6-4-5-7-10(9)13(14,15)16/h4-7,11,17H,3,8H2,1-2H3. The first-order valence-corrected chi connectivity index (χ1v) is 5.86. The van der Waals surface area contributed by atoms with Crippen molar-refractivity contribution in [2.45, 2.75) is 25.6 Å². The van der Waals surface area contributed by atoms with E-state index in [-0.39, 0.29) is 12.0 Å². The van der Waals surface area contributed by atoms with Crippen molar-refractivity contribution < 1.29 is 22.7 Å². The molecule has 0 aliphatic heterocycles. The van der Waals surface area contributed by atoms with Gasteiger partial charge in [0.1, 0.15) is 0 Å². The molecule has 6 heteroatoms. The molecule has 0 aliphatic rings. The molecule has 1 atom stereocenters. The van der Waals surface area contributed by atoms with Gasteiger partial charge in [0.05, 0.1) is 19.1 Å². The molecule has 0 bridgehead atoms. The number of methoxy groups -OCH3 is 1. The lowest BCUT2D eigenvalue weighted by molar-refractivity contribution is -0.143. The Morgan fingerprint density at radius 1 is 1.37 bits per heavy atom. The zero-order chi connectivity index (χ0) is 14.5. The van der Waals surface area contributed by atoms with Crippen LogP contribution in [0.5, 0.6) is 0 Å². The summed E-state index contributed by atoms with van der Waals surface area (Å²) in [7, 11) is 1.21. The number of carbonyl (C=O) groups is 1. The zero-order valence-electron chi connectivity index (χ0n) is 10.8. The molecule has 3 nitrogen and oxygen atoms in total. The van der Waals surface area contributed by atoms with Crippen molar-refractivity contribution >= 4 is 5.97 Å². The number of nitrogens with one attached hydrogen (secondary N) is 1. The average molecular weight is 275 g/mol. The minimum atomic E-state index is -4.44. The van der Waals surface area contributed by atoms with Gasteiger partial charge in [-0.2, -0.15) is 13.2 Å². The largest absolute Gasteiger partial charge is 0.469 e. The van der Waals surface area contributed by atoms with Gasteiger partial charge in [-0.15, -0.1) is 0 Å². The molecule has 0 saturated heterocycles. The summed E-state index contributed by atoms with van der Waals surface area (Å²) < 4.78 is 43.3. The number of benzene rings is 1. The maximum atomic E-state index is 12.9. The zero-order valence-corrected chi connectivity index (χ0v) is 10.8. The molecular formula is C13H16F3NO2. The van der Waals surface area contributed by atoms with E-state index in [1.54, 1.807) is 6.92 Å². The van der Waals surface area contributed by atoms with Gasteiger partial charge >= 0.3 is 12.1 Å². The van der Waals surface area contributed by atoms with Crippen LogP contribution >= 0.6 is 0 Å². The monoisotopic (exact) mass is 275 g/mol.